The van der Waals surface area contributed by atoms with Crippen LogP contribution in [0, 0.1) is 0 Å². The largest absolute Gasteiger partial charge is 0.478 e. The number of nitrogens with zero attached hydrogens (tertiary/aromatic N) is 2. The number of hydrogen-bond acceptors (Lipinski definition) is 4. The van der Waals surface area contributed by atoms with Gasteiger partial charge in [-0.25, -0.2) is 9.97 Å². The average Bonchev–Trinajstić information content (AvgIpc) is 3.30. The van der Waals surface area contributed by atoms with Crippen molar-refractivity contribution in [2.24, 2.45) is 0 Å². The molecule has 4 rings (SSSR count). The van der Waals surface area contributed by atoms with E-state index < -0.39 is 0 Å². The van der Waals surface area contributed by atoms with Gasteiger partial charge in [0, 0.05) is 29.1 Å². The summed E-state index contributed by atoms with van der Waals surface area (Å²) in [6.07, 6.45) is 4.19. The van der Waals surface area contributed by atoms with Crippen LogP contribution in [0.5, 0.6) is 5.88 Å². The van der Waals surface area contributed by atoms with Crippen molar-refractivity contribution in [1.29, 1.82) is 0 Å². The van der Waals surface area contributed by atoms with E-state index in [0.29, 0.717) is 40.1 Å². The standard InChI is InChI=1S/C24H21ClN4O2/c1-2-12-31-22-13-17(10-11-26-22)24(30)28-18-8-9-20(25)19(14-18)23-27-15-21(29-23)16-6-4-3-5-7-16/h3-11,13-15H,2,12H2,1H3,(H,27,29)(H,28,30). The van der Waals surface area contributed by atoms with Crippen LogP contribution >= 0.6 is 11.6 Å². The number of aromatic amines is 1. The second kappa shape index (κ2) is 9.45. The quantitative estimate of drug-likeness (QED) is 0.385. The number of imidazole rings is 1. The van der Waals surface area contributed by atoms with Crippen LogP contribution in [-0.4, -0.2) is 27.5 Å². The number of H-pyrrole nitrogens is 1. The minimum absolute atomic E-state index is 0.263. The zero-order chi connectivity index (χ0) is 21.6. The second-order valence-electron chi connectivity index (χ2n) is 6.89. The number of hydrogen-bond donors (Lipinski definition) is 2. The van der Waals surface area contributed by atoms with Crippen LogP contribution in [0.15, 0.2) is 73.1 Å². The molecule has 0 fully saturated rings. The molecule has 0 spiro atoms. The number of pyridine rings is 1. The minimum Gasteiger partial charge on any atom is -0.478 e. The minimum atomic E-state index is -0.263. The third-order valence-electron chi connectivity index (χ3n) is 4.59. The molecule has 2 N–H and O–H groups in total. The highest BCUT2D eigenvalue weighted by Gasteiger charge is 2.13. The molecule has 0 unspecified atom stereocenters. The number of rotatable bonds is 7. The number of benzene rings is 2. The Morgan fingerprint density at radius 3 is 2.74 bits per heavy atom. The Morgan fingerprint density at radius 2 is 1.94 bits per heavy atom. The maximum absolute atomic E-state index is 12.7. The van der Waals surface area contributed by atoms with Gasteiger partial charge < -0.3 is 15.0 Å². The molecule has 7 heteroatoms. The van der Waals surface area contributed by atoms with Gasteiger partial charge in [0.15, 0.2) is 0 Å². The second-order valence-corrected chi connectivity index (χ2v) is 7.30. The molecule has 0 atom stereocenters. The fourth-order valence-electron chi connectivity index (χ4n) is 3.05. The Bertz CT molecular complexity index is 1190. The predicted octanol–water partition coefficient (Wildman–Crippen LogP) is 5.83. The lowest BCUT2D eigenvalue weighted by Crippen LogP contribution is -2.12. The summed E-state index contributed by atoms with van der Waals surface area (Å²) in [5.41, 5.74) is 3.68. The first-order chi connectivity index (χ1) is 15.1. The molecule has 2 aromatic carbocycles. The number of amides is 1. The molecule has 1 amide bonds. The summed E-state index contributed by atoms with van der Waals surface area (Å²) >= 11 is 6.41. The van der Waals surface area contributed by atoms with Gasteiger partial charge in [0.25, 0.3) is 5.91 Å². The molecule has 156 valence electrons. The SMILES string of the molecule is CCCOc1cc(C(=O)Nc2ccc(Cl)c(-c3ncc(-c4ccccc4)[nH]3)c2)ccn1. The molecular weight excluding hydrogens is 412 g/mol. The van der Waals surface area contributed by atoms with Gasteiger partial charge in [0.05, 0.1) is 23.5 Å². The number of anilines is 1. The van der Waals surface area contributed by atoms with Gasteiger partial charge >= 0.3 is 0 Å². The van der Waals surface area contributed by atoms with Crippen molar-refractivity contribution in [1.82, 2.24) is 15.0 Å². The van der Waals surface area contributed by atoms with Crippen molar-refractivity contribution < 1.29 is 9.53 Å². The van der Waals surface area contributed by atoms with Gasteiger partial charge in [-0.2, -0.15) is 0 Å². The third-order valence-corrected chi connectivity index (χ3v) is 4.92. The highest BCUT2D eigenvalue weighted by molar-refractivity contribution is 6.33. The summed E-state index contributed by atoms with van der Waals surface area (Å²) in [5, 5.41) is 3.43. The lowest BCUT2D eigenvalue weighted by molar-refractivity contribution is 0.102. The summed E-state index contributed by atoms with van der Waals surface area (Å²) in [4.78, 5) is 24.6. The Labute approximate surface area is 185 Å². The van der Waals surface area contributed by atoms with Crippen molar-refractivity contribution in [2.75, 3.05) is 11.9 Å². The Balaban J connectivity index is 1.55. The van der Waals surface area contributed by atoms with Crippen molar-refractivity contribution in [3.8, 4) is 28.5 Å². The highest BCUT2D eigenvalue weighted by atomic mass is 35.5. The molecule has 0 bridgehead atoms. The molecule has 4 aromatic rings. The molecule has 0 aliphatic heterocycles. The topological polar surface area (TPSA) is 79.9 Å². The lowest BCUT2D eigenvalue weighted by Gasteiger charge is -2.09. The molecule has 0 radical (unpaired) electrons. The van der Waals surface area contributed by atoms with Crippen LogP contribution < -0.4 is 10.1 Å². The summed E-state index contributed by atoms with van der Waals surface area (Å²) in [5.74, 6) is 0.788. The first-order valence-corrected chi connectivity index (χ1v) is 10.3. The highest BCUT2D eigenvalue weighted by Crippen LogP contribution is 2.30. The van der Waals surface area contributed by atoms with Crippen LogP contribution in [0.25, 0.3) is 22.6 Å². The first-order valence-electron chi connectivity index (χ1n) is 9.94. The first kappa shape index (κ1) is 20.6. The van der Waals surface area contributed by atoms with Gasteiger partial charge in [0.1, 0.15) is 5.82 Å². The van der Waals surface area contributed by atoms with Crippen molar-refractivity contribution in [3.05, 3.63) is 83.6 Å². The number of carbonyl (C=O) groups excluding carboxylic acids is 1. The monoisotopic (exact) mass is 432 g/mol. The van der Waals surface area contributed by atoms with E-state index in [1.807, 2.05) is 37.3 Å². The van der Waals surface area contributed by atoms with E-state index in [4.69, 9.17) is 16.3 Å². The number of aromatic nitrogens is 3. The van der Waals surface area contributed by atoms with E-state index in [-0.39, 0.29) is 5.91 Å². The normalized spacial score (nSPS) is 10.6. The van der Waals surface area contributed by atoms with Crippen LogP contribution in [-0.2, 0) is 0 Å². The van der Waals surface area contributed by atoms with E-state index in [1.54, 1.807) is 42.7 Å². The number of halogens is 1. The average molecular weight is 433 g/mol. The van der Waals surface area contributed by atoms with E-state index in [9.17, 15) is 4.79 Å². The van der Waals surface area contributed by atoms with Gasteiger partial charge in [0.2, 0.25) is 5.88 Å². The number of carbonyl (C=O) groups is 1. The van der Waals surface area contributed by atoms with Crippen molar-refractivity contribution >= 4 is 23.2 Å². The molecule has 31 heavy (non-hydrogen) atoms. The van der Waals surface area contributed by atoms with Crippen LogP contribution in [0.1, 0.15) is 23.7 Å². The molecule has 0 aliphatic rings. The Kier molecular flexibility index (Phi) is 6.29. The smallest absolute Gasteiger partial charge is 0.255 e. The van der Waals surface area contributed by atoms with E-state index in [2.05, 4.69) is 20.3 Å². The molecule has 2 heterocycles. The summed E-state index contributed by atoms with van der Waals surface area (Å²) in [6.45, 7) is 2.56. The molecule has 0 aliphatic carbocycles. The molecule has 0 saturated carbocycles. The van der Waals surface area contributed by atoms with E-state index in [0.717, 1.165) is 17.7 Å². The Morgan fingerprint density at radius 1 is 1.10 bits per heavy atom. The maximum Gasteiger partial charge on any atom is 0.255 e. The molecule has 0 saturated heterocycles. The third kappa shape index (κ3) is 4.92. The van der Waals surface area contributed by atoms with Crippen molar-refractivity contribution in [2.45, 2.75) is 13.3 Å². The Hall–Kier alpha value is -3.64. The zero-order valence-corrected chi connectivity index (χ0v) is 17.7. The van der Waals surface area contributed by atoms with Gasteiger partial charge in [-0.15, -0.1) is 0 Å². The lowest BCUT2D eigenvalue weighted by atomic mass is 10.1. The summed E-state index contributed by atoms with van der Waals surface area (Å²) in [7, 11) is 0. The van der Waals surface area contributed by atoms with Crippen molar-refractivity contribution in [3.63, 3.8) is 0 Å². The van der Waals surface area contributed by atoms with Gasteiger partial charge in [-0.3, -0.25) is 4.79 Å². The van der Waals surface area contributed by atoms with E-state index in [1.165, 1.54) is 0 Å². The summed E-state index contributed by atoms with van der Waals surface area (Å²) in [6, 6.07) is 18.5. The summed E-state index contributed by atoms with van der Waals surface area (Å²) < 4.78 is 5.51. The van der Waals surface area contributed by atoms with Crippen LogP contribution in [0.4, 0.5) is 5.69 Å². The zero-order valence-electron chi connectivity index (χ0n) is 16.9. The molecule has 6 nitrogen and oxygen atoms in total. The maximum atomic E-state index is 12.7. The van der Waals surface area contributed by atoms with Crippen LogP contribution in [0.3, 0.4) is 0 Å². The predicted molar refractivity (Wildman–Crippen MR) is 122 cm³/mol. The number of ether oxygens (including phenoxy) is 1. The van der Waals surface area contributed by atoms with Gasteiger partial charge in [-0.05, 0) is 36.2 Å². The van der Waals surface area contributed by atoms with E-state index >= 15 is 0 Å². The fourth-order valence-corrected chi connectivity index (χ4v) is 3.25. The van der Waals surface area contributed by atoms with Crippen LogP contribution in [0.2, 0.25) is 5.02 Å². The molecule has 2 aromatic heterocycles. The molecular formula is C24H21ClN4O2. The van der Waals surface area contributed by atoms with Gasteiger partial charge in [-0.1, -0.05) is 48.9 Å². The fraction of sp³-hybridized carbons (Fsp3) is 0.125. The number of nitrogens with one attached hydrogen (secondary N) is 2.